The average molecular weight is 508 g/mol. The van der Waals surface area contributed by atoms with E-state index in [1.807, 2.05) is 36.4 Å². The van der Waals surface area contributed by atoms with Crippen molar-refractivity contribution in [1.82, 2.24) is 10.6 Å². The van der Waals surface area contributed by atoms with Crippen LogP contribution >= 0.6 is 24.0 Å². The molecule has 6 nitrogen and oxygen atoms in total. The molecule has 0 saturated heterocycles. The number of nitrogens with zero attached hydrogens (tertiary/aromatic N) is 1. The van der Waals surface area contributed by atoms with Crippen molar-refractivity contribution >= 4 is 41.5 Å². The van der Waals surface area contributed by atoms with E-state index in [2.05, 4.69) is 40.0 Å². The van der Waals surface area contributed by atoms with Crippen molar-refractivity contribution in [2.24, 2.45) is 4.99 Å². The molecule has 0 saturated carbocycles. The highest BCUT2D eigenvalue weighted by Crippen LogP contribution is 2.31. The number of benzene rings is 2. The molecule has 0 aliphatic carbocycles. The number of carbonyl (C=O) groups is 1. The third-order valence-corrected chi connectivity index (χ3v) is 5.09. The molecule has 1 heterocycles. The van der Waals surface area contributed by atoms with Gasteiger partial charge in [-0.25, -0.2) is 0 Å². The lowest BCUT2D eigenvalue weighted by molar-refractivity contribution is -0.116. The lowest BCUT2D eigenvalue weighted by Crippen LogP contribution is -2.41. The minimum absolute atomic E-state index is 0. The highest BCUT2D eigenvalue weighted by Gasteiger charge is 2.24. The molecule has 2 unspecified atom stereocenters. The van der Waals surface area contributed by atoms with Crippen LogP contribution in [0.2, 0.25) is 0 Å². The van der Waals surface area contributed by atoms with E-state index in [4.69, 9.17) is 4.74 Å². The van der Waals surface area contributed by atoms with Gasteiger partial charge in [0.2, 0.25) is 5.91 Å². The van der Waals surface area contributed by atoms with Gasteiger partial charge in [-0.15, -0.1) is 24.0 Å². The smallest absolute Gasteiger partial charge is 0.225 e. The Bertz CT molecular complexity index is 856. The van der Waals surface area contributed by atoms with Crippen LogP contribution in [0.4, 0.5) is 5.69 Å². The summed E-state index contributed by atoms with van der Waals surface area (Å²) in [4.78, 5) is 16.3. The Morgan fingerprint density at radius 1 is 1.21 bits per heavy atom. The molecule has 3 N–H and O–H groups in total. The van der Waals surface area contributed by atoms with Gasteiger partial charge in [-0.2, -0.15) is 0 Å². The largest absolute Gasteiger partial charge is 0.496 e. The number of hydrogen-bond donors (Lipinski definition) is 3. The summed E-state index contributed by atoms with van der Waals surface area (Å²) in [5.74, 6) is 2.05. The highest BCUT2D eigenvalue weighted by atomic mass is 127. The van der Waals surface area contributed by atoms with Gasteiger partial charge in [-0.1, -0.05) is 43.3 Å². The zero-order chi connectivity index (χ0) is 19.9. The van der Waals surface area contributed by atoms with Crippen LogP contribution in [0.25, 0.3) is 0 Å². The topological polar surface area (TPSA) is 74.8 Å². The van der Waals surface area contributed by atoms with Crippen molar-refractivity contribution in [3.63, 3.8) is 0 Å². The second-order valence-electron chi connectivity index (χ2n) is 7.01. The number of para-hydroxylation sites is 2. The number of methoxy groups -OCH3 is 1. The molecule has 0 fully saturated rings. The predicted molar refractivity (Wildman–Crippen MR) is 129 cm³/mol. The molecule has 0 aromatic heterocycles. The summed E-state index contributed by atoms with van der Waals surface area (Å²) in [6.45, 7) is 3.52. The van der Waals surface area contributed by atoms with Crippen LogP contribution in [0.5, 0.6) is 5.75 Å². The minimum Gasteiger partial charge on any atom is -0.496 e. The second-order valence-corrected chi connectivity index (χ2v) is 7.01. The first-order chi connectivity index (χ1) is 13.6. The fourth-order valence-corrected chi connectivity index (χ4v) is 3.56. The number of halogens is 1. The first kappa shape index (κ1) is 23.0. The predicted octanol–water partition coefficient (Wildman–Crippen LogP) is 3.71. The SMILES string of the molecule is CN=C(NCC(C)c1ccccc1OC)NCC1CC(=O)Nc2ccccc21.I. The molecule has 0 radical (unpaired) electrons. The van der Waals surface area contributed by atoms with Crippen molar-refractivity contribution in [2.75, 3.05) is 32.6 Å². The summed E-state index contributed by atoms with van der Waals surface area (Å²) < 4.78 is 5.46. The van der Waals surface area contributed by atoms with Gasteiger partial charge in [0.05, 0.1) is 7.11 Å². The van der Waals surface area contributed by atoms with Crippen molar-refractivity contribution in [1.29, 1.82) is 0 Å². The van der Waals surface area contributed by atoms with Gasteiger partial charge in [0.1, 0.15) is 5.75 Å². The Hall–Kier alpha value is -2.29. The molecule has 29 heavy (non-hydrogen) atoms. The second kappa shape index (κ2) is 11.0. The van der Waals surface area contributed by atoms with Gasteiger partial charge in [-0.05, 0) is 23.3 Å². The maximum Gasteiger partial charge on any atom is 0.225 e. The van der Waals surface area contributed by atoms with Gasteiger partial charge in [0, 0.05) is 44.1 Å². The molecule has 2 aromatic carbocycles. The Morgan fingerprint density at radius 2 is 1.93 bits per heavy atom. The van der Waals surface area contributed by atoms with Crippen LogP contribution < -0.4 is 20.7 Å². The van der Waals surface area contributed by atoms with Crippen molar-refractivity contribution in [3.05, 3.63) is 59.7 Å². The Kier molecular flexibility index (Phi) is 8.75. The third-order valence-electron chi connectivity index (χ3n) is 5.09. The van der Waals surface area contributed by atoms with Crippen LogP contribution in [0.15, 0.2) is 53.5 Å². The maximum absolute atomic E-state index is 12.0. The van der Waals surface area contributed by atoms with Crippen molar-refractivity contribution in [3.8, 4) is 5.75 Å². The maximum atomic E-state index is 12.0. The standard InChI is InChI=1S/C22H28N4O2.HI/c1-15(17-8-5-7-11-20(17)28-3)13-24-22(23-2)25-14-16-12-21(27)26-19-10-6-4-9-18(16)19;/h4-11,15-16H,12-14H2,1-3H3,(H,26,27)(H2,23,24,25);1H. The summed E-state index contributed by atoms with van der Waals surface area (Å²) in [5, 5.41) is 9.68. The van der Waals surface area contributed by atoms with Crippen LogP contribution in [-0.4, -0.2) is 39.1 Å². The summed E-state index contributed by atoms with van der Waals surface area (Å²) in [6, 6.07) is 16.0. The summed E-state index contributed by atoms with van der Waals surface area (Å²) in [5.41, 5.74) is 3.22. The van der Waals surface area contributed by atoms with Crippen LogP contribution in [0, 0.1) is 0 Å². The number of hydrogen-bond acceptors (Lipinski definition) is 3. The first-order valence-corrected chi connectivity index (χ1v) is 9.58. The molecule has 1 amide bonds. The number of carbonyl (C=O) groups excluding carboxylic acids is 1. The molecule has 0 bridgehead atoms. The van der Waals surface area contributed by atoms with Crippen LogP contribution in [0.1, 0.15) is 36.3 Å². The van der Waals surface area contributed by atoms with Gasteiger partial charge in [-0.3, -0.25) is 9.79 Å². The first-order valence-electron chi connectivity index (χ1n) is 9.58. The molecule has 7 heteroatoms. The zero-order valence-electron chi connectivity index (χ0n) is 17.1. The lowest BCUT2D eigenvalue weighted by Gasteiger charge is -2.26. The molecule has 156 valence electrons. The van der Waals surface area contributed by atoms with Gasteiger partial charge in [0.15, 0.2) is 5.96 Å². The quantitative estimate of drug-likeness (QED) is 0.316. The number of nitrogens with one attached hydrogen (secondary N) is 3. The fourth-order valence-electron chi connectivity index (χ4n) is 3.56. The van der Waals surface area contributed by atoms with Crippen molar-refractivity contribution < 1.29 is 9.53 Å². The number of guanidine groups is 1. The third kappa shape index (κ3) is 5.85. The number of fused-ring (bicyclic) bond motifs is 1. The van der Waals surface area contributed by atoms with E-state index in [-0.39, 0.29) is 41.7 Å². The summed E-state index contributed by atoms with van der Waals surface area (Å²) in [6.07, 6.45) is 0.471. The Morgan fingerprint density at radius 3 is 2.69 bits per heavy atom. The van der Waals surface area contributed by atoms with Crippen LogP contribution in [0.3, 0.4) is 0 Å². The fraction of sp³-hybridized carbons (Fsp3) is 0.364. The van der Waals surface area contributed by atoms with E-state index in [1.165, 1.54) is 0 Å². The number of ether oxygens (including phenoxy) is 1. The summed E-state index contributed by atoms with van der Waals surface area (Å²) in [7, 11) is 3.45. The van der Waals surface area contributed by atoms with E-state index in [0.717, 1.165) is 35.1 Å². The monoisotopic (exact) mass is 508 g/mol. The van der Waals surface area contributed by atoms with Crippen LogP contribution in [-0.2, 0) is 4.79 Å². The number of anilines is 1. The van der Waals surface area contributed by atoms with E-state index >= 15 is 0 Å². The van der Waals surface area contributed by atoms with E-state index in [1.54, 1.807) is 14.2 Å². The summed E-state index contributed by atoms with van der Waals surface area (Å²) >= 11 is 0. The highest BCUT2D eigenvalue weighted by molar-refractivity contribution is 14.0. The van der Waals surface area contributed by atoms with Gasteiger partial charge >= 0.3 is 0 Å². The molecular formula is C22H29IN4O2. The van der Waals surface area contributed by atoms with E-state index in [0.29, 0.717) is 13.0 Å². The Labute approximate surface area is 189 Å². The molecule has 3 rings (SSSR count). The van der Waals surface area contributed by atoms with Gasteiger partial charge < -0.3 is 20.7 Å². The lowest BCUT2D eigenvalue weighted by atomic mass is 9.90. The average Bonchev–Trinajstić information content (AvgIpc) is 2.73. The molecule has 1 aliphatic heterocycles. The molecule has 0 spiro atoms. The van der Waals surface area contributed by atoms with Gasteiger partial charge in [0.25, 0.3) is 0 Å². The molecule has 2 atom stereocenters. The van der Waals surface area contributed by atoms with Crippen molar-refractivity contribution in [2.45, 2.75) is 25.2 Å². The Balaban J connectivity index is 0.00000300. The normalized spacial score (nSPS) is 16.7. The molecule has 1 aliphatic rings. The number of amides is 1. The zero-order valence-corrected chi connectivity index (χ0v) is 19.4. The molecular weight excluding hydrogens is 479 g/mol. The minimum atomic E-state index is 0. The number of aliphatic imine (C=N–C) groups is 1. The number of rotatable bonds is 6. The molecule has 2 aromatic rings. The van der Waals surface area contributed by atoms with E-state index in [9.17, 15) is 4.79 Å². The van der Waals surface area contributed by atoms with E-state index < -0.39 is 0 Å².